The minimum atomic E-state index is -0.279. The van der Waals surface area contributed by atoms with Gasteiger partial charge in [-0.15, -0.1) is 0 Å². The summed E-state index contributed by atoms with van der Waals surface area (Å²) in [5.74, 6) is 1.38. The van der Waals surface area contributed by atoms with E-state index in [-0.39, 0.29) is 6.10 Å². The van der Waals surface area contributed by atoms with Crippen LogP contribution in [0.25, 0.3) is 0 Å². The summed E-state index contributed by atoms with van der Waals surface area (Å²) < 4.78 is 0. The Morgan fingerprint density at radius 3 is 2.75 bits per heavy atom. The standard InChI is InChI=1S/C15H24O/c1-10(2)12-7-8-15(4)9-14(16)11(3)5-6-13(12)15/h12-14,16H,1,3,5-9H2,2,4H3. The Hall–Kier alpha value is -0.560. The van der Waals surface area contributed by atoms with Crippen LogP contribution >= 0.6 is 0 Å². The zero-order valence-electron chi connectivity index (χ0n) is 10.6. The molecule has 0 heterocycles. The van der Waals surface area contributed by atoms with Gasteiger partial charge in [0.1, 0.15) is 0 Å². The third-order valence-corrected chi connectivity index (χ3v) is 4.95. The van der Waals surface area contributed by atoms with Gasteiger partial charge in [0, 0.05) is 0 Å². The van der Waals surface area contributed by atoms with Gasteiger partial charge in [-0.05, 0) is 61.9 Å². The van der Waals surface area contributed by atoms with Gasteiger partial charge in [0.15, 0.2) is 0 Å². The Morgan fingerprint density at radius 1 is 1.44 bits per heavy atom. The maximum absolute atomic E-state index is 10.1. The molecular weight excluding hydrogens is 196 g/mol. The molecule has 0 bridgehead atoms. The summed E-state index contributed by atoms with van der Waals surface area (Å²) in [6.45, 7) is 12.7. The molecule has 2 rings (SSSR count). The summed E-state index contributed by atoms with van der Waals surface area (Å²) in [5.41, 5.74) is 2.68. The van der Waals surface area contributed by atoms with Crippen molar-refractivity contribution in [3.63, 3.8) is 0 Å². The molecule has 2 fully saturated rings. The highest BCUT2D eigenvalue weighted by atomic mass is 16.3. The van der Waals surface area contributed by atoms with E-state index in [1.54, 1.807) is 0 Å². The van der Waals surface area contributed by atoms with Crippen molar-refractivity contribution in [3.05, 3.63) is 24.3 Å². The van der Waals surface area contributed by atoms with E-state index in [4.69, 9.17) is 0 Å². The fourth-order valence-electron chi connectivity index (χ4n) is 3.84. The molecule has 4 unspecified atom stereocenters. The summed E-state index contributed by atoms with van der Waals surface area (Å²) in [5, 5.41) is 10.1. The number of allylic oxidation sites excluding steroid dienone is 1. The number of hydrogen-bond acceptors (Lipinski definition) is 1. The van der Waals surface area contributed by atoms with Crippen molar-refractivity contribution in [2.75, 3.05) is 0 Å². The number of fused-ring (bicyclic) bond motifs is 1. The van der Waals surface area contributed by atoms with Crippen molar-refractivity contribution in [1.29, 1.82) is 0 Å². The van der Waals surface area contributed by atoms with Gasteiger partial charge in [-0.25, -0.2) is 0 Å². The largest absolute Gasteiger partial charge is 0.389 e. The fourth-order valence-corrected chi connectivity index (χ4v) is 3.84. The van der Waals surface area contributed by atoms with Gasteiger partial charge in [0.25, 0.3) is 0 Å². The van der Waals surface area contributed by atoms with E-state index in [0.29, 0.717) is 17.3 Å². The summed E-state index contributed by atoms with van der Waals surface area (Å²) in [6, 6.07) is 0. The molecule has 2 aliphatic rings. The Bertz CT molecular complexity index is 317. The molecule has 0 aromatic rings. The van der Waals surface area contributed by atoms with E-state index in [1.807, 2.05) is 0 Å². The van der Waals surface area contributed by atoms with Crippen molar-refractivity contribution < 1.29 is 5.11 Å². The van der Waals surface area contributed by atoms with E-state index in [9.17, 15) is 5.11 Å². The normalized spacial score (nSPS) is 43.9. The second-order valence-electron chi connectivity index (χ2n) is 6.17. The average molecular weight is 220 g/mol. The summed E-state index contributed by atoms with van der Waals surface area (Å²) in [7, 11) is 0. The smallest absolute Gasteiger partial charge is 0.0752 e. The van der Waals surface area contributed by atoms with Gasteiger partial charge in [-0.3, -0.25) is 0 Å². The van der Waals surface area contributed by atoms with Crippen molar-refractivity contribution in [1.82, 2.24) is 0 Å². The minimum Gasteiger partial charge on any atom is -0.389 e. The lowest BCUT2D eigenvalue weighted by Gasteiger charge is -2.33. The van der Waals surface area contributed by atoms with Gasteiger partial charge in [0.2, 0.25) is 0 Å². The Kier molecular flexibility index (Phi) is 3.00. The van der Waals surface area contributed by atoms with Gasteiger partial charge in [-0.1, -0.05) is 25.7 Å². The third kappa shape index (κ3) is 1.86. The van der Waals surface area contributed by atoms with Crippen LogP contribution in [0, 0.1) is 17.3 Å². The lowest BCUT2D eigenvalue weighted by Crippen LogP contribution is -2.27. The molecule has 2 aliphatic carbocycles. The highest BCUT2D eigenvalue weighted by molar-refractivity contribution is 5.14. The van der Waals surface area contributed by atoms with Crippen LogP contribution in [-0.2, 0) is 0 Å². The SMILES string of the molecule is C=C1CCC2C(C(=C)C)CCC2(C)CC1O. The molecule has 1 N–H and O–H groups in total. The third-order valence-electron chi connectivity index (χ3n) is 4.95. The van der Waals surface area contributed by atoms with E-state index in [2.05, 4.69) is 27.0 Å². The predicted molar refractivity (Wildman–Crippen MR) is 68.1 cm³/mol. The summed E-state index contributed by atoms with van der Waals surface area (Å²) >= 11 is 0. The highest BCUT2D eigenvalue weighted by Crippen LogP contribution is 2.55. The van der Waals surface area contributed by atoms with E-state index < -0.39 is 0 Å². The van der Waals surface area contributed by atoms with Crippen LogP contribution in [0.15, 0.2) is 24.3 Å². The molecular formula is C15H24O. The predicted octanol–water partition coefficient (Wildman–Crippen LogP) is 3.70. The van der Waals surface area contributed by atoms with Gasteiger partial charge in [0.05, 0.1) is 6.10 Å². The quantitative estimate of drug-likeness (QED) is 0.668. The fraction of sp³-hybridized carbons (Fsp3) is 0.733. The monoisotopic (exact) mass is 220 g/mol. The second kappa shape index (κ2) is 4.03. The number of hydrogen-bond donors (Lipinski definition) is 1. The molecule has 1 heteroatoms. The first-order valence-corrected chi connectivity index (χ1v) is 6.45. The number of aliphatic hydroxyl groups excluding tert-OH is 1. The van der Waals surface area contributed by atoms with E-state index in [0.717, 1.165) is 18.4 Å². The molecule has 4 atom stereocenters. The molecule has 0 aromatic heterocycles. The van der Waals surface area contributed by atoms with Crippen LogP contribution in [0.1, 0.15) is 46.0 Å². The van der Waals surface area contributed by atoms with Crippen molar-refractivity contribution in [2.24, 2.45) is 17.3 Å². The Morgan fingerprint density at radius 2 is 2.12 bits per heavy atom. The zero-order chi connectivity index (χ0) is 11.9. The summed E-state index contributed by atoms with van der Waals surface area (Å²) in [4.78, 5) is 0. The molecule has 1 nitrogen and oxygen atoms in total. The number of rotatable bonds is 1. The molecule has 0 aromatic carbocycles. The van der Waals surface area contributed by atoms with Crippen molar-refractivity contribution in [2.45, 2.75) is 52.1 Å². The zero-order valence-corrected chi connectivity index (χ0v) is 10.6. The van der Waals surface area contributed by atoms with Crippen molar-refractivity contribution in [3.8, 4) is 0 Å². The minimum absolute atomic E-state index is 0.279. The first-order chi connectivity index (χ1) is 7.44. The van der Waals surface area contributed by atoms with Crippen LogP contribution < -0.4 is 0 Å². The van der Waals surface area contributed by atoms with Crippen LogP contribution in [0.4, 0.5) is 0 Å². The van der Waals surface area contributed by atoms with Crippen LogP contribution in [-0.4, -0.2) is 11.2 Å². The van der Waals surface area contributed by atoms with Crippen LogP contribution in [0.3, 0.4) is 0 Å². The Balaban J connectivity index is 2.24. The lowest BCUT2D eigenvalue weighted by atomic mass is 9.72. The van der Waals surface area contributed by atoms with Crippen LogP contribution in [0.5, 0.6) is 0 Å². The highest BCUT2D eigenvalue weighted by Gasteiger charge is 2.47. The molecule has 0 radical (unpaired) electrons. The Labute approximate surface area is 99.3 Å². The average Bonchev–Trinajstić information content (AvgIpc) is 2.46. The number of aliphatic hydroxyl groups is 1. The van der Waals surface area contributed by atoms with Gasteiger partial charge >= 0.3 is 0 Å². The molecule has 0 saturated heterocycles. The van der Waals surface area contributed by atoms with Gasteiger partial charge < -0.3 is 5.11 Å². The topological polar surface area (TPSA) is 20.2 Å². The van der Waals surface area contributed by atoms with Crippen LogP contribution in [0.2, 0.25) is 0 Å². The van der Waals surface area contributed by atoms with Crippen molar-refractivity contribution >= 4 is 0 Å². The molecule has 2 saturated carbocycles. The van der Waals surface area contributed by atoms with Gasteiger partial charge in [-0.2, -0.15) is 0 Å². The van der Waals surface area contributed by atoms with E-state index in [1.165, 1.54) is 24.8 Å². The molecule has 0 spiro atoms. The first-order valence-electron chi connectivity index (χ1n) is 6.45. The lowest BCUT2D eigenvalue weighted by molar-refractivity contribution is 0.111. The molecule has 0 amide bonds. The molecule has 90 valence electrons. The first kappa shape index (κ1) is 11.9. The maximum atomic E-state index is 10.1. The molecule has 0 aliphatic heterocycles. The maximum Gasteiger partial charge on any atom is 0.0752 e. The molecule has 16 heavy (non-hydrogen) atoms. The second-order valence-corrected chi connectivity index (χ2v) is 6.17. The van der Waals surface area contributed by atoms with E-state index >= 15 is 0 Å². The summed E-state index contributed by atoms with van der Waals surface area (Å²) in [6.07, 6.45) is 5.30.